The Morgan fingerprint density at radius 2 is 1.92 bits per heavy atom. The molecule has 138 valence electrons. The lowest BCUT2D eigenvalue weighted by Crippen LogP contribution is -2.39. The minimum Gasteiger partial charge on any atom is -0.343 e. The molecule has 3 rings (SSSR count). The number of likely N-dealkylation sites (tertiary alicyclic amines) is 1. The van der Waals surface area contributed by atoms with Crippen molar-refractivity contribution in [2.24, 2.45) is 22.7 Å². The Hall–Kier alpha value is -2.50. The third-order valence-electron chi connectivity index (χ3n) is 5.22. The molecule has 2 heterocycles. The highest BCUT2D eigenvalue weighted by Gasteiger charge is 2.29. The number of fused-ring (bicyclic) bond motifs is 1. The second kappa shape index (κ2) is 7.40. The van der Waals surface area contributed by atoms with Gasteiger partial charge in [0.25, 0.3) is 0 Å². The van der Waals surface area contributed by atoms with E-state index in [-0.39, 0.29) is 35.5 Å². The van der Waals surface area contributed by atoms with E-state index in [0.29, 0.717) is 31.6 Å². The molecule has 0 bridgehead atoms. The van der Waals surface area contributed by atoms with Crippen LogP contribution in [0.4, 0.5) is 0 Å². The van der Waals surface area contributed by atoms with Crippen LogP contribution in [0.5, 0.6) is 0 Å². The molecule has 2 aliphatic heterocycles. The van der Waals surface area contributed by atoms with Gasteiger partial charge in [-0.2, -0.15) is 0 Å². The zero-order valence-corrected chi connectivity index (χ0v) is 15.5. The Bertz CT molecular complexity index is 750. The van der Waals surface area contributed by atoms with Gasteiger partial charge in [0.15, 0.2) is 0 Å². The SMILES string of the molecule is CC(=O)N1CCC(C(=O)N=C2C=CC3C(=C2)NC(=O)C=C3C(C)C)CC1. The summed E-state index contributed by atoms with van der Waals surface area (Å²) in [5, 5.41) is 2.86. The van der Waals surface area contributed by atoms with Gasteiger partial charge in [-0.15, -0.1) is 0 Å². The molecule has 0 aromatic heterocycles. The number of carbonyl (C=O) groups is 3. The van der Waals surface area contributed by atoms with Crippen molar-refractivity contribution >= 4 is 23.4 Å². The van der Waals surface area contributed by atoms with Gasteiger partial charge >= 0.3 is 0 Å². The molecule has 1 unspecified atom stereocenters. The first-order valence-corrected chi connectivity index (χ1v) is 9.15. The molecule has 1 aliphatic carbocycles. The second-order valence-corrected chi connectivity index (χ2v) is 7.38. The van der Waals surface area contributed by atoms with Crippen molar-refractivity contribution < 1.29 is 14.4 Å². The molecule has 6 nitrogen and oxygen atoms in total. The van der Waals surface area contributed by atoms with Crippen LogP contribution in [0.15, 0.2) is 40.6 Å². The third kappa shape index (κ3) is 3.84. The maximum absolute atomic E-state index is 12.5. The van der Waals surface area contributed by atoms with Gasteiger partial charge < -0.3 is 10.2 Å². The summed E-state index contributed by atoms with van der Waals surface area (Å²) in [6.45, 7) is 6.89. The van der Waals surface area contributed by atoms with E-state index in [4.69, 9.17) is 0 Å². The number of hydrogen-bond donors (Lipinski definition) is 1. The van der Waals surface area contributed by atoms with Crippen LogP contribution in [0, 0.1) is 17.8 Å². The Balaban J connectivity index is 1.71. The van der Waals surface area contributed by atoms with Gasteiger partial charge in [-0.25, -0.2) is 4.99 Å². The van der Waals surface area contributed by atoms with Crippen LogP contribution in [0.2, 0.25) is 0 Å². The Kier molecular flexibility index (Phi) is 5.20. The van der Waals surface area contributed by atoms with E-state index in [1.165, 1.54) is 0 Å². The molecule has 0 spiro atoms. The number of hydrogen-bond acceptors (Lipinski definition) is 3. The quantitative estimate of drug-likeness (QED) is 0.823. The standard InChI is InChI=1S/C20H25N3O3/c1-12(2)17-11-19(25)22-18-10-15(4-5-16(17)18)21-20(26)14-6-8-23(9-7-14)13(3)24/h4-5,10-12,14,16H,6-9H2,1-3H3,(H,22,25). The van der Waals surface area contributed by atoms with Crippen molar-refractivity contribution in [2.75, 3.05) is 13.1 Å². The predicted molar refractivity (Wildman–Crippen MR) is 99.2 cm³/mol. The van der Waals surface area contributed by atoms with Crippen molar-refractivity contribution in [1.82, 2.24) is 10.2 Å². The van der Waals surface area contributed by atoms with Crippen LogP contribution in [0.3, 0.4) is 0 Å². The van der Waals surface area contributed by atoms with E-state index < -0.39 is 0 Å². The third-order valence-corrected chi connectivity index (χ3v) is 5.22. The minimum atomic E-state index is -0.148. The molecule has 1 N–H and O–H groups in total. The number of allylic oxidation sites excluding steroid dienone is 3. The van der Waals surface area contributed by atoms with Crippen molar-refractivity contribution in [1.29, 1.82) is 0 Å². The van der Waals surface area contributed by atoms with Crippen LogP contribution in [-0.2, 0) is 14.4 Å². The summed E-state index contributed by atoms with van der Waals surface area (Å²) in [5.74, 6) is -0.0603. The van der Waals surface area contributed by atoms with Gasteiger partial charge in [0, 0.05) is 43.6 Å². The fraction of sp³-hybridized carbons (Fsp3) is 0.500. The monoisotopic (exact) mass is 355 g/mol. The van der Waals surface area contributed by atoms with E-state index in [0.717, 1.165) is 11.3 Å². The molecule has 1 saturated heterocycles. The average Bonchev–Trinajstić information content (AvgIpc) is 2.60. The molecule has 1 atom stereocenters. The predicted octanol–water partition coefficient (Wildman–Crippen LogP) is 1.99. The summed E-state index contributed by atoms with van der Waals surface area (Å²) >= 11 is 0. The van der Waals surface area contributed by atoms with Crippen molar-refractivity contribution in [3.63, 3.8) is 0 Å². The van der Waals surface area contributed by atoms with Gasteiger partial charge in [-0.05, 0) is 36.5 Å². The largest absolute Gasteiger partial charge is 0.343 e. The summed E-state index contributed by atoms with van der Waals surface area (Å²) in [4.78, 5) is 41.8. The molecule has 0 aromatic rings. The van der Waals surface area contributed by atoms with Crippen LogP contribution in [-0.4, -0.2) is 41.4 Å². The summed E-state index contributed by atoms with van der Waals surface area (Å²) in [6, 6.07) is 0. The lowest BCUT2D eigenvalue weighted by Gasteiger charge is -2.30. The van der Waals surface area contributed by atoms with Crippen LogP contribution in [0.1, 0.15) is 33.6 Å². The van der Waals surface area contributed by atoms with Crippen molar-refractivity contribution in [2.45, 2.75) is 33.6 Å². The van der Waals surface area contributed by atoms with Gasteiger partial charge in [-0.3, -0.25) is 14.4 Å². The highest BCUT2D eigenvalue weighted by atomic mass is 16.2. The lowest BCUT2D eigenvalue weighted by molar-refractivity contribution is -0.132. The molecule has 3 aliphatic rings. The number of amides is 3. The summed E-state index contributed by atoms with van der Waals surface area (Å²) in [5.41, 5.74) is 2.42. The summed E-state index contributed by atoms with van der Waals surface area (Å²) in [7, 11) is 0. The van der Waals surface area contributed by atoms with Gasteiger partial charge in [0.1, 0.15) is 0 Å². The molecule has 0 aromatic carbocycles. The number of carbonyl (C=O) groups excluding carboxylic acids is 3. The average molecular weight is 355 g/mol. The molecule has 26 heavy (non-hydrogen) atoms. The zero-order valence-electron chi connectivity index (χ0n) is 15.5. The first-order valence-electron chi connectivity index (χ1n) is 9.15. The highest BCUT2D eigenvalue weighted by Crippen LogP contribution is 2.31. The first kappa shape index (κ1) is 18.3. The zero-order chi connectivity index (χ0) is 18.8. The number of aliphatic imine (C=N–C) groups is 1. The molecular formula is C20H25N3O3. The second-order valence-electron chi connectivity index (χ2n) is 7.38. The maximum Gasteiger partial charge on any atom is 0.249 e. The topological polar surface area (TPSA) is 78.8 Å². The van der Waals surface area contributed by atoms with Crippen molar-refractivity contribution in [3.8, 4) is 0 Å². The van der Waals surface area contributed by atoms with Crippen LogP contribution in [0.25, 0.3) is 0 Å². The first-order chi connectivity index (χ1) is 12.3. The van der Waals surface area contributed by atoms with E-state index in [9.17, 15) is 14.4 Å². The fourth-order valence-corrected chi connectivity index (χ4v) is 3.67. The van der Waals surface area contributed by atoms with Crippen LogP contribution >= 0.6 is 0 Å². The molecular weight excluding hydrogens is 330 g/mol. The highest BCUT2D eigenvalue weighted by molar-refractivity contribution is 6.11. The van der Waals surface area contributed by atoms with E-state index in [1.54, 1.807) is 24.0 Å². The summed E-state index contributed by atoms with van der Waals surface area (Å²) < 4.78 is 0. The van der Waals surface area contributed by atoms with E-state index >= 15 is 0 Å². The number of piperidine rings is 1. The van der Waals surface area contributed by atoms with Gasteiger partial charge in [0.05, 0.1) is 5.71 Å². The minimum absolute atomic E-state index is 0.0422. The van der Waals surface area contributed by atoms with E-state index in [1.807, 2.05) is 12.2 Å². The molecule has 6 heteroatoms. The van der Waals surface area contributed by atoms with Crippen LogP contribution < -0.4 is 5.32 Å². The van der Waals surface area contributed by atoms with Gasteiger partial charge in [0.2, 0.25) is 17.7 Å². The normalized spacial score (nSPS) is 24.9. The number of nitrogens with one attached hydrogen (secondary N) is 1. The smallest absolute Gasteiger partial charge is 0.249 e. The number of rotatable bonds is 2. The summed E-state index contributed by atoms with van der Waals surface area (Å²) in [6.07, 6.45) is 8.59. The van der Waals surface area contributed by atoms with E-state index in [2.05, 4.69) is 24.2 Å². The fourth-order valence-electron chi connectivity index (χ4n) is 3.67. The Morgan fingerprint density at radius 3 is 2.54 bits per heavy atom. The molecule has 1 fully saturated rings. The number of nitrogens with zero attached hydrogens (tertiary/aromatic N) is 2. The van der Waals surface area contributed by atoms with Crippen molar-refractivity contribution in [3.05, 3.63) is 35.6 Å². The molecule has 0 radical (unpaired) electrons. The Morgan fingerprint density at radius 1 is 1.23 bits per heavy atom. The van der Waals surface area contributed by atoms with Gasteiger partial charge in [-0.1, -0.05) is 19.9 Å². The Labute approximate surface area is 153 Å². The maximum atomic E-state index is 12.5. The molecule has 0 saturated carbocycles. The molecule has 3 amide bonds. The lowest BCUT2D eigenvalue weighted by atomic mass is 9.82.